The molecule has 0 aromatic heterocycles. The predicted molar refractivity (Wildman–Crippen MR) is 78.9 cm³/mol. The highest BCUT2D eigenvalue weighted by molar-refractivity contribution is 4.92. The Morgan fingerprint density at radius 3 is 2.56 bits per heavy atom. The van der Waals surface area contributed by atoms with Crippen molar-refractivity contribution in [1.29, 1.82) is 0 Å². The Balaban J connectivity index is 2.16. The molecule has 0 aromatic carbocycles. The van der Waals surface area contributed by atoms with Crippen molar-refractivity contribution in [2.24, 2.45) is 17.3 Å². The fraction of sp³-hybridized carbons (Fsp3) is 1.00. The van der Waals surface area contributed by atoms with Crippen molar-refractivity contribution in [2.75, 3.05) is 26.3 Å². The maximum absolute atomic E-state index is 5.80. The van der Waals surface area contributed by atoms with Crippen molar-refractivity contribution in [3.05, 3.63) is 0 Å². The molecule has 18 heavy (non-hydrogen) atoms. The second-order valence-corrected chi connectivity index (χ2v) is 6.65. The van der Waals surface area contributed by atoms with Crippen LogP contribution in [0, 0.1) is 17.3 Å². The lowest BCUT2D eigenvalue weighted by Crippen LogP contribution is -2.35. The molecule has 0 spiro atoms. The van der Waals surface area contributed by atoms with E-state index < -0.39 is 0 Å². The molecule has 1 fully saturated rings. The van der Waals surface area contributed by atoms with Crippen LogP contribution in [0.3, 0.4) is 0 Å². The molecule has 0 radical (unpaired) electrons. The van der Waals surface area contributed by atoms with Gasteiger partial charge in [0, 0.05) is 19.8 Å². The first-order valence-electron chi connectivity index (χ1n) is 7.87. The van der Waals surface area contributed by atoms with Crippen molar-refractivity contribution in [3.8, 4) is 0 Å². The van der Waals surface area contributed by atoms with Gasteiger partial charge in [-0.1, -0.05) is 27.7 Å². The summed E-state index contributed by atoms with van der Waals surface area (Å²) in [7, 11) is 0. The smallest absolute Gasteiger partial charge is 0.0471 e. The summed E-state index contributed by atoms with van der Waals surface area (Å²) < 4.78 is 5.80. The van der Waals surface area contributed by atoms with Crippen molar-refractivity contribution in [1.82, 2.24) is 5.32 Å². The summed E-state index contributed by atoms with van der Waals surface area (Å²) in [4.78, 5) is 0. The third-order valence-electron chi connectivity index (χ3n) is 4.18. The summed E-state index contributed by atoms with van der Waals surface area (Å²) in [6.07, 6.45) is 6.49. The van der Waals surface area contributed by atoms with E-state index in [0.29, 0.717) is 5.41 Å². The van der Waals surface area contributed by atoms with Gasteiger partial charge >= 0.3 is 0 Å². The van der Waals surface area contributed by atoms with E-state index in [0.717, 1.165) is 31.6 Å². The zero-order valence-electron chi connectivity index (χ0n) is 12.9. The first-order valence-corrected chi connectivity index (χ1v) is 7.87. The Morgan fingerprint density at radius 2 is 2.00 bits per heavy atom. The molecule has 1 rings (SSSR count). The minimum atomic E-state index is 0.465. The number of rotatable bonds is 11. The van der Waals surface area contributed by atoms with E-state index >= 15 is 0 Å². The first-order chi connectivity index (χ1) is 8.58. The quantitative estimate of drug-likeness (QED) is 0.566. The molecule has 2 nitrogen and oxygen atoms in total. The number of hydrogen-bond acceptors (Lipinski definition) is 2. The first kappa shape index (κ1) is 16.0. The van der Waals surface area contributed by atoms with Gasteiger partial charge in [0.2, 0.25) is 0 Å². The Kier molecular flexibility index (Phi) is 7.25. The minimum Gasteiger partial charge on any atom is -0.381 e. The second kappa shape index (κ2) is 8.16. The molecule has 0 bridgehead atoms. The van der Waals surface area contributed by atoms with Crippen LogP contribution >= 0.6 is 0 Å². The minimum absolute atomic E-state index is 0.465. The van der Waals surface area contributed by atoms with Gasteiger partial charge in [-0.3, -0.25) is 0 Å². The lowest BCUT2D eigenvalue weighted by Gasteiger charge is -2.30. The fourth-order valence-electron chi connectivity index (χ4n) is 2.49. The van der Waals surface area contributed by atoms with E-state index in [1.54, 1.807) is 0 Å². The van der Waals surface area contributed by atoms with Gasteiger partial charge in [0.15, 0.2) is 0 Å². The molecule has 108 valence electrons. The van der Waals surface area contributed by atoms with Gasteiger partial charge in [-0.25, -0.2) is 0 Å². The van der Waals surface area contributed by atoms with Crippen molar-refractivity contribution >= 4 is 0 Å². The van der Waals surface area contributed by atoms with Crippen molar-refractivity contribution < 1.29 is 4.74 Å². The van der Waals surface area contributed by atoms with Crippen molar-refractivity contribution in [2.45, 2.75) is 59.8 Å². The summed E-state index contributed by atoms with van der Waals surface area (Å²) in [6.45, 7) is 13.4. The van der Waals surface area contributed by atoms with Crippen LogP contribution in [0.4, 0.5) is 0 Å². The van der Waals surface area contributed by atoms with Crippen LogP contribution in [0.2, 0.25) is 0 Å². The molecule has 0 heterocycles. The van der Waals surface area contributed by atoms with Gasteiger partial charge in [0.25, 0.3) is 0 Å². The fourth-order valence-corrected chi connectivity index (χ4v) is 2.49. The van der Waals surface area contributed by atoms with Crippen LogP contribution in [-0.4, -0.2) is 26.3 Å². The van der Waals surface area contributed by atoms with Gasteiger partial charge < -0.3 is 10.1 Å². The normalized spacial score (nSPS) is 19.2. The van der Waals surface area contributed by atoms with E-state index in [4.69, 9.17) is 4.74 Å². The van der Waals surface area contributed by atoms with E-state index in [1.165, 1.54) is 38.6 Å². The Labute approximate surface area is 114 Å². The Morgan fingerprint density at radius 1 is 1.28 bits per heavy atom. The predicted octanol–water partition coefficient (Wildman–Crippen LogP) is 3.86. The van der Waals surface area contributed by atoms with E-state index in [2.05, 4.69) is 33.0 Å². The summed E-state index contributed by atoms with van der Waals surface area (Å²) in [5, 5.41) is 3.60. The maximum Gasteiger partial charge on any atom is 0.0471 e. The summed E-state index contributed by atoms with van der Waals surface area (Å²) in [5.41, 5.74) is 0.465. The standard InChI is InChI=1S/C16H33NO/c1-5-10-17-13-16(4,15-6-7-15)9-12-18-11-8-14(2)3/h14-15,17H,5-13H2,1-4H3. The largest absolute Gasteiger partial charge is 0.381 e. The number of hydrogen-bond donors (Lipinski definition) is 1. The maximum atomic E-state index is 5.80. The number of nitrogens with one attached hydrogen (secondary N) is 1. The van der Waals surface area contributed by atoms with Crippen LogP contribution in [0.1, 0.15) is 59.8 Å². The van der Waals surface area contributed by atoms with E-state index in [9.17, 15) is 0 Å². The summed E-state index contributed by atoms with van der Waals surface area (Å²) >= 11 is 0. The molecule has 1 aliphatic rings. The molecule has 0 aliphatic heterocycles. The Bertz CT molecular complexity index is 213. The van der Waals surface area contributed by atoms with E-state index in [-0.39, 0.29) is 0 Å². The van der Waals surface area contributed by atoms with Gasteiger partial charge in [0.05, 0.1) is 0 Å². The zero-order chi connectivity index (χ0) is 13.4. The highest BCUT2D eigenvalue weighted by Gasteiger charge is 2.40. The second-order valence-electron chi connectivity index (χ2n) is 6.65. The zero-order valence-corrected chi connectivity index (χ0v) is 12.9. The third-order valence-corrected chi connectivity index (χ3v) is 4.18. The van der Waals surface area contributed by atoms with Gasteiger partial charge in [-0.15, -0.1) is 0 Å². The molecule has 0 aromatic rings. The molecule has 1 saturated carbocycles. The summed E-state index contributed by atoms with van der Waals surface area (Å²) in [5.74, 6) is 1.70. The van der Waals surface area contributed by atoms with Crippen LogP contribution in [-0.2, 0) is 4.74 Å². The molecule has 0 saturated heterocycles. The van der Waals surface area contributed by atoms with Crippen LogP contribution in [0.25, 0.3) is 0 Å². The average molecular weight is 255 g/mol. The van der Waals surface area contributed by atoms with Crippen LogP contribution in [0.15, 0.2) is 0 Å². The SMILES string of the molecule is CCCNCC(C)(CCOCCC(C)C)C1CC1. The molecular formula is C16H33NO. The topological polar surface area (TPSA) is 21.3 Å². The lowest BCUT2D eigenvalue weighted by atomic mass is 9.81. The highest BCUT2D eigenvalue weighted by Crippen LogP contribution is 2.47. The van der Waals surface area contributed by atoms with Gasteiger partial charge in [0.1, 0.15) is 0 Å². The molecular weight excluding hydrogens is 222 g/mol. The van der Waals surface area contributed by atoms with Crippen LogP contribution < -0.4 is 5.32 Å². The van der Waals surface area contributed by atoms with Crippen LogP contribution in [0.5, 0.6) is 0 Å². The molecule has 1 N–H and O–H groups in total. The highest BCUT2D eigenvalue weighted by atomic mass is 16.5. The third kappa shape index (κ3) is 6.19. The molecule has 1 aliphatic carbocycles. The van der Waals surface area contributed by atoms with E-state index in [1.807, 2.05) is 0 Å². The molecule has 0 amide bonds. The van der Waals surface area contributed by atoms with Crippen molar-refractivity contribution in [3.63, 3.8) is 0 Å². The monoisotopic (exact) mass is 255 g/mol. The molecule has 2 heteroatoms. The summed E-state index contributed by atoms with van der Waals surface area (Å²) in [6, 6.07) is 0. The van der Waals surface area contributed by atoms with Gasteiger partial charge in [-0.05, 0) is 55.9 Å². The molecule has 1 atom stereocenters. The average Bonchev–Trinajstić information content (AvgIpc) is 3.12. The number of ether oxygens (including phenoxy) is 1. The van der Waals surface area contributed by atoms with Gasteiger partial charge in [-0.2, -0.15) is 0 Å². The molecule has 1 unspecified atom stereocenters. The lowest BCUT2D eigenvalue weighted by molar-refractivity contribution is 0.0833. The Hall–Kier alpha value is -0.0800.